The van der Waals surface area contributed by atoms with E-state index in [1.54, 1.807) is 18.2 Å². The van der Waals surface area contributed by atoms with Crippen LogP contribution in [0.5, 0.6) is 0 Å². The van der Waals surface area contributed by atoms with Crippen LogP contribution in [-0.4, -0.2) is 23.2 Å². The summed E-state index contributed by atoms with van der Waals surface area (Å²) in [6.07, 6.45) is -3.18. The van der Waals surface area contributed by atoms with Crippen LogP contribution in [-0.2, 0) is 16.2 Å². The summed E-state index contributed by atoms with van der Waals surface area (Å²) in [6, 6.07) is 10.7. The molecule has 2 aromatic heterocycles. The fourth-order valence-corrected chi connectivity index (χ4v) is 2.71. The summed E-state index contributed by atoms with van der Waals surface area (Å²) in [4.78, 5) is 3.89. The van der Waals surface area contributed by atoms with Gasteiger partial charge in [0.25, 0.3) is 0 Å². The lowest BCUT2D eigenvalue weighted by Crippen LogP contribution is -2.12. The minimum Gasteiger partial charge on any atom is -0.255 e. The van der Waals surface area contributed by atoms with Gasteiger partial charge in [0, 0.05) is 6.20 Å². The SMILES string of the molecule is NS(=O)(=O)c1ccc(-n2nc(C(F)(F)F)cc2-c2ccccn2)cc1. The van der Waals surface area contributed by atoms with Crippen molar-refractivity contribution in [2.45, 2.75) is 11.1 Å². The zero-order valence-corrected chi connectivity index (χ0v) is 13.3. The first-order valence-corrected chi connectivity index (χ1v) is 8.43. The van der Waals surface area contributed by atoms with Crippen LogP contribution in [0.2, 0.25) is 0 Å². The fraction of sp³-hybridized carbons (Fsp3) is 0.0667. The first kappa shape index (κ1) is 17.1. The number of benzene rings is 1. The van der Waals surface area contributed by atoms with E-state index in [0.717, 1.165) is 10.7 Å². The molecular formula is C15H11F3N4O2S. The van der Waals surface area contributed by atoms with E-state index in [0.29, 0.717) is 5.69 Å². The number of hydrogen-bond acceptors (Lipinski definition) is 4. The Morgan fingerprint density at radius 1 is 1.04 bits per heavy atom. The van der Waals surface area contributed by atoms with Gasteiger partial charge in [-0.2, -0.15) is 18.3 Å². The van der Waals surface area contributed by atoms with Crippen molar-refractivity contribution in [2.75, 3.05) is 0 Å². The molecule has 2 heterocycles. The molecule has 0 radical (unpaired) electrons. The van der Waals surface area contributed by atoms with Gasteiger partial charge >= 0.3 is 6.18 Å². The molecule has 0 spiro atoms. The number of sulfonamides is 1. The second kappa shape index (κ2) is 5.97. The molecule has 130 valence electrons. The zero-order valence-electron chi connectivity index (χ0n) is 12.5. The Labute approximate surface area is 140 Å². The third-order valence-electron chi connectivity index (χ3n) is 3.34. The van der Waals surface area contributed by atoms with Crippen molar-refractivity contribution in [3.8, 4) is 17.1 Å². The maximum absolute atomic E-state index is 13.0. The predicted molar refractivity (Wildman–Crippen MR) is 83.2 cm³/mol. The molecule has 0 aliphatic carbocycles. The van der Waals surface area contributed by atoms with E-state index in [4.69, 9.17) is 5.14 Å². The van der Waals surface area contributed by atoms with Crippen molar-refractivity contribution in [3.05, 3.63) is 60.4 Å². The Morgan fingerprint density at radius 2 is 1.72 bits per heavy atom. The van der Waals surface area contributed by atoms with E-state index in [1.165, 1.54) is 30.5 Å². The highest BCUT2D eigenvalue weighted by Gasteiger charge is 2.35. The van der Waals surface area contributed by atoms with Crippen LogP contribution in [0.3, 0.4) is 0 Å². The van der Waals surface area contributed by atoms with Crippen molar-refractivity contribution in [1.82, 2.24) is 14.8 Å². The van der Waals surface area contributed by atoms with Crippen LogP contribution < -0.4 is 5.14 Å². The van der Waals surface area contributed by atoms with Crippen LogP contribution in [0.1, 0.15) is 5.69 Å². The Balaban J connectivity index is 2.16. The first-order chi connectivity index (χ1) is 11.7. The lowest BCUT2D eigenvalue weighted by atomic mass is 10.2. The summed E-state index contributed by atoms with van der Waals surface area (Å²) in [5, 5.41) is 8.61. The maximum Gasteiger partial charge on any atom is 0.435 e. The maximum atomic E-state index is 13.0. The molecule has 0 saturated heterocycles. The fourth-order valence-electron chi connectivity index (χ4n) is 2.19. The van der Waals surface area contributed by atoms with Gasteiger partial charge in [-0.15, -0.1) is 0 Å². The normalized spacial score (nSPS) is 12.3. The quantitative estimate of drug-likeness (QED) is 0.769. The third-order valence-corrected chi connectivity index (χ3v) is 4.27. The van der Waals surface area contributed by atoms with E-state index in [2.05, 4.69) is 10.1 Å². The Hall–Kier alpha value is -2.72. The van der Waals surface area contributed by atoms with Gasteiger partial charge in [-0.25, -0.2) is 18.2 Å². The molecule has 1 aromatic carbocycles. The zero-order chi connectivity index (χ0) is 18.2. The van der Waals surface area contributed by atoms with Crippen molar-refractivity contribution in [2.24, 2.45) is 5.14 Å². The number of halogens is 3. The molecule has 0 unspecified atom stereocenters. The molecule has 0 atom stereocenters. The van der Waals surface area contributed by atoms with Crippen LogP contribution in [0.4, 0.5) is 13.2 Å². The average molecular weight is 368 g/mol. The molecule has 6 nitrogen and oxygen atoms in total. The molecule has 3 aromatic rings. The molecule has 0 aliphatic heterocycles. The summed E-state index contributed by atoms with van der Waals surface area (Å²) in [5.41, 5.74) is -0.426. The molecule has 10 heteroatoms. The predicted octanol–water partition coefficient (Wildman–Crippen LogP) is 2.60. The largest absolute Gasteiger partial charge is 0.435 e. The molecular weight excluding hydrogens is 357 g/mol. The lowest BCUT2D eigenvalue weighted by Gasteiger charge is -2.08. The van der Waals surface area contributed by atoms with E-state index < -0.39 is 21.9 Å². The van der Waals surface area contributed by atoms with Gasteiger partial charge in [0.15, 0.2) is 5.69 Å². The molecule has 3 rings (SSSR count). The summed E-state index contributed by atoms with van der Waals surface area (Å²) in [7, 11) is -3.90. The van der Waals surface area contributed by atoms with Gasteiger partial charge in [0.2, 0.25) is 10.0 Å². The number of hydrogen-bond donors (Lipinski definition) is 1. The highest BCUT2D eigenvalue weighted by molar-refractivity contribution is 7.89. The van der Waals surface area contributed by atoms with Gasteiger partial charge in [0.05, 0.1) is 22.0 Å². The van der Waals surface area contributed by atoms with Gasteiger partial charge in [-0.05, 0) is 42.5 Å². The summed E-state index contributed by atoms with van der Waals surface area (Å²) in [5.74, 6) is 0. The Bertz CT molecular complexity index is 998. The van der Waals surface area contributed by atoms with Crippen LogP contribution in [0, 0.1) is 0 Å². The number of rotatable bonds is 3. The number of nitrogens with zero attached hydrogens (tertiary/aromatic N) is 3. The summed E-state index contributed by atoms with van der Waals surface area (Å²) >= 11 is 0. The Morgan fingerprint density at radius 3 is 2.24 bits per heavy atom. The van der Waals surface area contributed by atoms with Gasteiger partial charge in [-0.1, -0.05) is 6.07 Å². The van der Waals surface area contributed by atoms with Crippen LogP contribution >= 0.6 is 0 Å². The molecule has 0 fully saturated rings. The average Bonchev–Trinajstić information content (AvgIpc) is 3.00. The highest BCUT2D eigenvalue weighted by atomic mass is 32.2. The molecule has 0 bridgehead atoms. The van der Waals surface area contributed by atoms with Gasteiger partial charge < -0.3 is 0 Å². The molecule has 25 heavy (non-hydrogen) atoms. The summed E-state index contributed by atoms with van der Waals surface area (Å²) < 4.78 is 62.8. The lowest BCUT2D eigenvalue weighted by molar-refractivity contribution is -0.141. The van der Waals surface area contributed by atoms with Crippen LogP contribution in [0.15, 0.2) is 59.6 Å². The van der Waals surface area contributed by atoms with Crippen molar-refractivity contribution >= 4 is 10.0 Å². The minimum atomic E-state index is -4.63. The van der Waals surface area contributed by atoms with Crippen molar-refractivity contribution in [1.29, 1.82) is 0 Å². The van der Waals surface area contributed by atoms with E-state index in [9.17, 15) is 21.6 Å². The number of aromatic nitrogens is 3. The second-order valence-corrected chi connectivity index (χ2v) is 6.64. The Kier molecular flexibility index (Phi) is 4.09. The monoisotopic (exact) mass is 368 g/mol. The second-order valence-electron chi connectivity index (χ2n) is 5.08. The molecule has 0 amide bonds. The number of primary sulfonamides is 1. The van der Waals surface area contributed by atoms with E-state index >= 15 is 0 Å². The minimum absolute atomic E-state index is 0.122. The molecule has 2 N–H and O–H groups in total. The van der Waals surface area contributed by atoms with Gasteiger partial charge in [0.1, 0.15) is 0 Å². The molecule has 0 aliphatic rings. The summed E-state index contributed by atoms with van der Waals surface area (Å²) in [6.45, 7) is 0. The smallest absolute Gasteiger partial charge is 0.255 e. The highest BCUT2D eigenvalue weighted by Crippen LogP contribution is 2.32. The first-order valence-electron chi connectivity index (χ1n) is 6.88. The van der Waals surface area contributed by atoms with E-state index in [1.807, 2.05) is 0 Å². The number of pyridine rings is 1. The van der Waals surface area contributed by atoms with Gasteiger partial charge in [-0.3, -0.25) is 4.98 Å². The molecule has 0 saturated carbocycles. The topological polar surface area (TPSA) is 90.9 Å². The third kappa shape index (κ3) is 3.54. The standard InChI is InChI=1S/C15H11F3N4O2S/c16-15(17,18)14-9-13(12-3-1-2-8-20-12)22(21-14)10-4-6-11(7-5-10)25(19,23)24/h1-9H,(H2,19,23,24). The number of nitrogens with two attached hydrogens (primary N) is 1. The van der Waals surface area contributed by atoms with Crippen LogP contribution in [0.25, 0.3) is 17.1 Å². The number of alkyl halides is 3. The van der Waals surface area contributed by atoms with Crippen molar-refractivity contribution < 1.29 is 21.6 Å². The van der Waals surface area contributed by atoms with Crippen molar-refractivity contribution in [3.63, 3.8) is 0 Å². The van der Waals surface area contributed by atoms with E-state index in [-0.39, 0.29) is 16.3 Å².